The average Bonchev–Trinajstić information content (AvgIpc) is 3.36. The fourth-order valence-electron chi connectivity index (χ4n) is 5.22. The van der Waals surface area contributed by atoms with Crippen LogP contribution in [0.15, 0.2) is 48.5 Å². The number of carbonyl (C=O) groups is 3. The summed E-state index contributed by atoms with van der Waals surface area (Å²) < 4.78 is 5.41. The number of carbonyl (C=O) groups excluding carboxylic acids is 3. The highest BCUT2D eigenvalue weighted by atomic mass is 16.5. The quantitative estimate of drug-likeness (QED) is 0.453. The number of anilines is 1. The van der Waals surface area contributed by atoms with E-state index in [0.29, 0.717) is 31.7 Å². The Hall–Kier alpha value is -3.43. The third kappa shape index (κ3) is 6.96. The number of ether oxygens (including phenoxy) is 1. The molecule has 0 aliphatic carbocycles. The van der Waals surface area contributed by atoms with Crippen molar-refractivity contribution in [2.45, 2.75) is 58.3 Å². The number of nitrogens with zero attached hydrogens (tertiary/aromatic N) is 2. The van der Waals surface area contributed by atoms with Crippen LogP contribution >= 0.6 is 0 Å². The number of rotatable bonds is 9. The van der Waals surface area contributed by atoms with Crippen molar-refractivity contribution in [1.29, 1.82) is 0 Å². The molecule has 4 rings (SSSR count). The third-order valence-corrected chi connectivity index (χ3v) is 7.51. The van der Waals surface area contributed by atoms with E-state index in [1.54, 1.807) is 12.1 Å². The lowest BCUT2D eigenvalue weighted by molar-refractivity contribution is -0.140. The topological polar surface area (TPSA) is 111 Å². The largest absolute Gasteiger partial charge is 0.391 e. The zero-order valence-corrected chi connectivity index (χ0v) is 23.1. The van der Waals surface area contributed by atoms with Crippen LogP contribution in [0, 0.1) is 5.92 Å². The first kappa shape index (κ1) is 28.6. The van der Waals surface area contributed by atoms with Crippen LogP contribution in [0.2, 0.25) is 0 Å². The summed E-state index contributed by atoms with van der Waals surface area (Å²) in [5, 5.41) is 16.2. The number of hydrogen-bond acceptors (Lipinski definition) is 6. The van der Waals surface area contributed by atoms with Gasteiger partial charge in [-0.25, -0.2) is 0 Å². The molecule has 2 aliphatic heterocycles. The van der Waals surface area contributed by atoms with Crippen LogP contribution in [0.25, 0.3) is 0 Å². The predicted octanol–water partition coefficient (Wildman–Crippen LogP) is 2.12. The predicted molar refractivity (Wildman–Crippen MR) is 149 cm³/mol. The van der Waals surface area contributed by atoms with E-state index < -0.39 is 18.2 Å². The summed E-state index contributed by atoms with van der Waals surface area (Å²) in [6.45, 7) is 9.20. The Morgan fingerprint density at radius 2 is 1.74 bits per heavy atom. The molecule has 0 radical (unpaired) electrons. The van der Waals surface area contributed by atoms with Crippen molar-refractivity contribution >= 4 is 23.4 Å². The molecule has 0 unspecified atom stereocenters. The first-order valence-corrected chi connectivity index (χ1v) is 13.8. The summed E-state index contributed by atoms with van der Waals surface area (Å²) in [5.41, 5.74) is 3.50. The van der Waals surface area contributed by atoms with Crippen molar-refractivity contribution in [3.05, 3.63) is 65.2 Å². The van der Waals surface area contributed by atoms with Gasteiger partial charge in [0.15, 0.2) is 0 Å². The number of β-amino-alcohol motifs (C(OH)–C–C–N with tert-alkyl or cyclic N) is 1. The lowest BCUT2D eigenvalue weighted by atomic mass is 10.00. The summed E-state index contributed by atoms with van der Waals surface area (Å²) in [5.74, 6) is -1.20. The third-order valence-electron chi connectivity index (χ3n) is 7.51. The average molecular weight is 537 g/mol. The molecular formula is C30H40N4O5. The number of aliphatic hydroxyl groups is 1. The highest BCUT2D eigenvalue weighted by Gasteiger charge is 2.42. The zero-order chi connectivity index (χ0) is 27.9. The van der Waals surface area contributed by atoms with Gasteiger partial charge in [0, 0.05) is 43.9 Å². The number of nitrogens with one attached hydrogen (secondary N) is 2. The molecule has 2 fully saturated rings. The normalized spacial score (nSPS) is 20.1. The van der Waals surface area contributed by atoms with Crippen molar-refractivity contribution < 1.29 is 24.2 Å². The molecule has 210 valence electrons. The molecule has 9 nitrogen and oxygen atoms in total. The maximum absolute atomic E-state index is 13.6. The molecule has 2 aromatic carbocycles. The Bertz CT molecular complexity index is 1150. The first-order valence-electron chi connectivity index (χ1n) is 13.8. The Morgan fingerprint density at radius 3 is 2.41 bits per heavy atom. The zero-order valence-electron chi connectivity index (χ0n) is 23.1. The lowest BCUT2D eigenvalue weighted by Gasteiger charge is -2.30. The van der Waals surface area contributed by atoms with Crippen LogP contribution in [0.4, 0.5) is 5.69 Å². The summed E-state index contributed by atoms with van der Waals surface area (Å²) in [4.78, 5) is 43.6. The van der Waals surface area contributed by atoms with Gasteiger partial charge in [-0.1, -0.05) is 51.1 Å². The number of aliphatic hydroxyl groups excluding tert-OH is 1. The van der Waals surface area contributed by atoms with E-state index in [4.69, 9.17) is 4.74 Å². The lowest BCUT2D eigenvalue weighted by Crippen LogP contribution is -2.55. The van der Waals surface area contributed by atoms with E-state index in [0.717, 1.165) is 29.9 Å². The van der Waals surface area contributed by atoms with E-state index in [1.807, 2.05) is 57.2 Å². The van der Waals surface area contributed by atoms with E-state index in [9.17, 15) is 19.5 Å². The molecule has 2 aliphatic rings. The summed E-state index contributed by atoms with van der Waals surface area (Å²) >= 11 is 0. The summed E-state index contributed by atoms with van der Waals surface area (Å²) in [6, 6.07) is 13.7. The van der Waals surface area contributed by atoms with Crippen LogP contribution in [0.1, 0.15) is 48.7 Å². The Morgan fingerprint density at radius 1 is 1.05 bits per heavy atom. The molecule has 3 amide bonds. The maximum Gasteiger partial charge on any atom is 0.252 e. The molecule has 39 heavy (non-hydrogen) atoms. The second-order valence-corrected chi connectivity index (χ2v) is 10.6. The fourth-order valence-corrected chi connectivity index (χ4v) is 5.22. The van der Waals surface area contributed by atoms with E-state index in [-0.39, 0.29) is 36.6 Å². The molecule has 0 saturated carbocycles. The maximum atomic E-state index is 13.6. The molecule has 2 aromatic rings. The minimum Gasteiger partial charge on any atom is -0.391 e. The minimum atomic E-state index is -0.823. The second-order valence-electron chi connectivity index (χ2n) is 10.6. The van der Waals surface area contributed by atoms with E-state index in [1.165, 1.54) is 4.90 Å². The van der Waals surface area contributed by atoms with Gasteiger partial charge in [0.25, 0.3) is 5.91 Å². The SMILES string of the molecule is CCc1ccccc1C(=O)N[C@H](C(=O)N1C[C@H](O)C[C@H]1C(=O)NCc1ccc(N2CCOCC2)cc1)C(C)C. The van der Waals surface area contributed by atoms with Gasteiger partial charge in [0.2, 0.25) is 11.8 Å². The number of morpholine rings is 1. The molecule has 2 heterocycles. The standard InChI is InChI=1S/C30H40N4O5/c1-4-22-7-5-6-8-25(22)28(36)32-27(20(2)3)30(38)34-19-24(35)17-26(34)29(37)31-18-21-9-11-23(12-10-21)33-13-15-39-16-14-33/h5-12,20,24,26-27,35H,4,13-19H2,1-3H3,(H,31,37)(H,32,36)/t24-,26+,27+/m1/s1. The molecule has 3 N–H and O–H groups in total. The van der Waals surface area contributed by atoms with Gasteiger partial charge >= 0.3 is 0 Å². The van der Waals surface area contributed by atoms with E-state index in [2.05, 4.69) is 15.5 Å². The molecule has 3 atom stereocenters. The molecule has 0 aromatic heterocycles. The van der Waals surface area contributed by atoms with Gasteiger partial charge in [0.05, 0.1) is 19.3 Å². The molecule has 0 bridgehead atoms. The Balaban J connectivity index is 1.39. The second kappa shape index (κ2) is 13.1. The summed E-state index contributed by atoms with van der Waals surface area (Å²) in [6.07, 6.45) is 0.0487. The van der Waals surface area contributed by atoms with Crippen molar-refractivity contribution in [3.63, 3.8) is 0 Å². The minimum absolute atomic E-state index is 0.0514. The van der Waals surface area contributed by atoms with E-state index >= 15 is 0 Å². The summed E-state index contributed by atoms with van der Waals surface area (Å²) in [7, 11) is 0. The van der Waals surface area contributed by atoms with Crippen LogP contribution in [-0.2, 0) is 27.3 Å². The van der Waals surface area contributed by atoms with Crippen LogP contribution in [0.3, 0.4) is 0 Å². The molecule has 2 saturated heterocycles. The van der Waals surface area contributed by atoms with Crippen molar-refractivity contribution in [2.75, 3.05) is 37.7 Å². The van der Waals surface area contributed by atoms with Crippen LogP contribution < -0.4 is 15.5 Å². The molecular weight excluding hydrogens is 496 g/mol. The smallest absolute Gasteiger partial charge is 0.252 e. The van der Waals surface area contributed by atoms with Crippen LogP contribution in [-0.4, -0.2) is 78.8 Å². The van der Waals surface area contributed by atoms with Gasteiger partial charge in [0.1, 0.15) is 12.1 Å². The number of amides is 3. The van der Waals surface area contributed by atoms with Gasteiger partial charge in [-0.3, -0.25) is 14.4 Å². The van der Waals surface area contributed by atoms with Crippen LogP contribution in [0.5, 0.6) is 0 Å². The highest BCUT2D eigenvalue weighted by molar-refractivity contribution is 5.99. The number of benzene rings is 2. The van der Waals surface area contributed by atoms with Gasteiger partial charge in [-0.05, 0) is 41.7 Å². The fraction of sp³-hybridized carbons (Fsp3) is 0.500. The van der Waals surface area contributed by atoms with Crippen molar-refractivity contribution in [1.82, 2.24) is 15.5 Å². The van der Waals surface area contributed by atoms with Gasteiger partial charge in [-0.2, -0.15) is 0 Å². The molecule has 9 heteroatoms. The number of aryl methyl sites for hydroxylation is 1. The first-order chi connectivity index (χ1) is 18.8. The monoisotopic (exact) mass is 536 g/mol. The highest BCUT2D eigenvalue weighted by Crippen LogP contribution is 2.22. The number of likely N-dealkylation sites (tertiary alicyclic amines) is 1. The van der Waals surface area contributed by atoms with Crippen molar-refractivity contribution in [3.8, 4) is 0 Å². The Labute approximate surface area is 230 Å². The van der Waals surface area contributed by atoms with Gasteiger partial charge < -0.3 is 30.3 Å². The Kier molecular flexibility index (Phi) is 9.59. The van der Waals surface area contributed by atoms with Crippen molar-refractivity contribution in [2.24, 2.45) is 5.92 Å². The number of hydrogen-bond donors (Lipinski definition) is 3. The van der Waals surface area contributed by atoms with Gasteiger partial charge in [-0.15, -0.1) is 0 Å². The molecule has 0 spiro atoms.